The molecule has 0 aliphatic carbocycles. The van der Waals surface area contributed by atoms with E-state index in [2.05, 4.69) is 4.98 Å². The Morgan fingerprint density at radius 3 is 2.69 bits per heavy atom. The minimum absolute atomic E-state index is 0.0861. The van der Waals surface area contributed by atoms with Crippen LogP contribution in [0.5, 0.6) is 5.75 Å². The van der Waals surface area contributed by atoms with Crippen LogP contribution in [0.3, 0.4) is 0 Å². The zero-order chi connectivity index (χ0) is 18.5. The molecule has 0 amide bonds. The topological polar surface area (TPSA) is 90.7 Å². The smallest absolute Gasteiger partial charge is 0.310 e. The molecule has 3 rings (SSSR count). The number of nitrogens with zero attached hydrogens (tertiary/aromatic N) is 2. The summed E-state index contributed by atoms with van der Waals surface area (Å²) in [5.74, 6) is -0.886. The Morgan fingerprint density at radius 2 is 1.96 bits per heavy atom. The van der Waals surface area contributed by atoms with E-state index in [9.17, 15) is 14.7 Å². The van der Waals surface area contributed by atoms with Gasteiger partial charge in [-0.15, -0.1) is 4.73 Å². The third kappa shape index (κ3) is 3.51. The molecule has 0 radical (unpaired) electrons. The lowest BCUT2D eigenvalue weighted by Gasteiger charge is -2.14. The summed E-state index contributed by atoms with van der Waals surface area (Å²) in [4.78, 5) is 34.4. The summed E-state index contributed by atoms with van der Waals surface area (Å²) >= 11 is 0. The van der Waals surface area contributed by atoms with Crippen LogP contribution in [0.25, 0.3) is 11.0 Å². The first-order valence-electron chi connectivity index (χ1n) is 8.16. The molecule has 7 heteroatoms. The van der Waals surface area contributed by atoms with Gasteiger partial charge in [0.25, 0.3) is 5.56 Å². The van der Waals surface area contributed by atoms with E-state index in [4.69, 9.17) is 9.57 Å². The van der Waals surface area contributed by atoms with Crippen LogP contribution < -0.4 is 10.4 Å². The van der Waals surface area contributed by atoms with Crippen LogP contribution in [-0.4, -0.2) is 27.4 Å². The second-order valence-corrected chi connectivity index (χ2v) is 5.54. The van der Waals surface area contributed by atoms with E-state index in [0.717, 1.165) is 10.3 Å². The highest BCUT2D eigenvalue weighted by molar-refractivity contribution is 5.85. The number of hydrogen-bond acceptors (Lipinski definition) is 6. The Kier molecular flexibility index (Phi) is 5.17. The number of rotatable bonds is 6. The van der Waals surface area contributed by atoms with Gasteiger partial charge in [0, 0.05) is 6.20 Å². The van der Waals surface area contributed by atoms with Crippen molar-refractivity contribution in [1.29, 1.82) is 0 Å². The molecule has 0 fully saturated rings. The lowest BCUT2D eigenvalue weighted by molar-refractivity contribution is -0.142. The summed E-state index contributed by atoms with van der Waals surface area (Å²) in [6, 6.07) is 12.6. The van der Waals surface area contributed by atoms with Crippen molar-refractivity contribution in [1.82, 2.24) is 9.71 Å². The van der Waals surface area contributed by atoms with E-state index in [1.807, 2.05) is 30.3 Å². The Morgan fingerprint density at radius 1 is 1.19 bits per heavy atom. The average Bonchev–Trinajstić information content (AvgIpc) is 2.66. The summed E-state index contributed by atoms with van der Waals surface area (Å²) in [5.41, 5.74) is 0.316. The van der Waals surface area contributed by atoms with Crippen molar-refractivity contribution < 1.29 is 19.5 Å². The number of pyridine rings is 2. The van der Waals surface area contributed by atoms with Gasteiger partial charge >= 0.3 is 5.97 Å². The molecule has 0 aliphatic rings. The lowest BCUT2D eigenvalue weighted by atomic mass is 10.1. The maximum Gasteiger partial charge on any atom is 0.310 e. The molecule has 1 aromatic carbocycles. The molecular weight excluding hydrogens is 336 g/mol. The van der Waals surface area contributed by atoms with Gasteiger partial charge in [-0.3, -0.25) is 9.59 Å². The quantitative estimate of drug-likeness (QED) is 0.679. The number of esters is 1. The summed E-state index contributed by atoms with van der Waals surface area (Å²) < 4.78 is 5.89. The number of carbonyl (C=O) groups excluding carboxylic acids is 1. The molecule has 0 saturated carbocycles. The van der Waals surface area contributed by atoms with Crippen LogP contribution in [-0.2, 0) is 22.6 Å². The Hall–Kier alpha value is -3.35. The molecule has 7 nitrogen and oxygen atoms in total. The fourth-order valence-corrected chi connectivity index (χ4v) is 2.58. The second-order valence-electron chi connectivity index (χ2n) is 5.54. The van der Waals surface area contributed by atoms with Gasteiger partial charge in [-0.05, 0) is 24.6 Å². The van der Waals surface area contributed by atoms with Crippen LogP contribution in [0.15, 0.2) is 53.5 Å². The van der Waals surface area contributed by atoms with E-state index in [1.54, 1.807) is 19.1 Å². The number of benzene rings is 1. The Bertz CT molecular complexity index is 982. The van der Waals surface area contributed by atoms with Gasteiger partial charge in [0.05, 0.1) is 24.0 Å². The third-order valence-electron chi connectivity index (χ3n) is 3.79. The lowest BCUT2D eigenvalue weighted by Crippen LogP contribution is -2.31. The van der Waals surface area contributed by atoms with Crippen LogP contribution >= 0.6 is 0 Å². The van der Waals surface area contributed by atoms with Crippen molar-refractivity contribution in [2.24, 2.45) is 0 Å². The van der Waals surface area contributed by atoms with Crippen LogP contribution in [0.1, 0.15) is 18.1 Å². The van der Waals surface area contributed by atoms with Gasteiger partial charge in [0.2, 0.25) is 0 Å². The SMILES string of the molecule is CCOC(=O)Cc1c(O)c2cccnc2n(OCc2ccccc2)c1=O. The molecule has 2 heterocycles. The second kappa shape index (κ2) is 7.69. The van der Waals surface area contributed by atoms with E-state index in [0.29, 0.717) is 5.39 Å². The number of aromatic hydroxyl groups is 1. The van der Waals surface area contributed by atoms with Crippen molar-refractivity contribution in [2.75, 3.05) is 6.61 Å². The maximum absolute atomic E-state index is 12.8. The molecule has 0 aliphatic heterocycles. The van der Waals surface area contributed by atoms with Gasteiger partial charge in [-0.1, -0.05) is 30.3 Å². The molecule has 0 unspecified atom stereocenters. The van der Waals surface area contributed by atoms with Gasteiger partial charge < -0.3 is 14.7 Å². The summed E-state index contributed by atoms with van der Waals surface area (Å²) in [5, 5.41) is 10.8. The molecule has 0 bridgehead atoms. The van der Waals surface area contributed by atoms with E-state index >= 15 is 0 Å². The normalized spacial score (nSPS) is 10.7. The van der Waals surface area contributed by atoms with Crippen LogP contribution in [0, 0.1) is 0 Å². The van der Waals surface area contributed by atoms with Gasteiger partial charge in [-0.25, -0.2) is 4.98 Å². The minimum Gasteiger partial charge on any atom is -0.507 e. The molecule has 0 spiro atoms. The largest absolute Gasteiger partial charge is 0.507 e. The number of aromatic nitrogens is 2. The van der Waals surface area contributed by atoms with Gasteiger partial charge in [0.15, 0.2) is 5.65 Å². The summed E-state index contributed by atoms with van der Waals surface area (Å²) in [6.07, 6.45) is 1.15. The Balaban J connectivity index is 2.05. The van der Waals surface area contributed by atoms with E-state index < -0.39 is 11.5 Å². The van der Waals surface area contributed by atoms with E-state index in [1.165, 1.54) is 6.20 Å². The van der Waals surface area contributed by atoms with Crippen molar-refractivity contribution in [3.63, 3.8) is 0 Å². The fraction of sp³-hybridized carbons (Fsp3) is 0.211. The number of carbonyl (C=O) groups is 1. The fourth-order valence-electron chi connectivity index (χ4n) is 2.58. The molecule has 0 atom stereocenters. The molecule has 2 aromatic heterocycles. The van der Waals surface area contributed by atoms with Gasteiger partial charge in [0.1, 0.15) is 12.4 Å². The van der Waals surface area contributed by atoms with Crippen molar-refractivity contribution >= 4 is 17.0 Å². The number of fused-ring (bicyclic) bond motifs is 1. The third-order valence-corrected chi connectivity index (χ3v) is 3.79. The maximum atomic E-state index is 12.8. The number of hydrogen-bond donors (Lipinski definition) is 1. The van der Waals surface area contributed by atoms with E-state index in [-0.39, 0.29) is 36.6 Å². The molecule has 1 N–H and O–H groups in total. The first-order valence-corrected chi connectivity index (χ1v) is 8.16. The molecule has 0 saturated heterocycles. The number of ether oxygens (including phenoxy) is 1. The molecule has 26 heavy (non-hydrogen) atoms. The van der Waals surface area contributed by atoms with Crippen LogP contribution in [0.4, 0.5) is 0 Å². The van der Waals surface area contributed by atoms with Crippen molar-refractivity contribution in [3.05, 3.63) is 70.1 Å². The van der Waals surface area contributed by atoms with Crippen molar-refractivity contribution in [2.45, 2.75) is 20.0 Å². The molecular formula is C19H18N2O5. The standard InChI is InChI=1S/C19H18N2O5/c1-2-25-16(22)11-15-17(23)14-9-6-10-20-18(14)21(19(15)24)26-12-13-7-4-3-5-8-13/h3-10,23H,2,11-12H2,1H3. The highest BCUT2D eigenvalue weighted by atomic mass is 16.7. The Labute approximate surface area is 149 Å². The summed E-state index contributed by atoms with van der Waals surface area (Å²) in [6.45, 7) is 1.99. The first-order chi connectivity index (χ1) is 12.6. The first kappa shape index (κ1) is 17.5. The monoisotopic (exact) mass is 354 g/mol. The zero-order valence-corrected chi connectivity index (χ0v) is 14.2. The molecule has 134 valence electrons. The zero-order valence-electron chi connectivity index (χ0n) is 14.2. The predicted octanol–water partition coefficient (Wildman–Crippen LogP) is 1.84. The highest BCUT2D eigenvalue weighted by Gasteiger charge is 2.21. The highest BCUT2D eigenvalue weighted by Crippen LogP contribution is 2.25. The van der Waals surface area contributed by atoms with Crippen LogP contribution in [0.2, 0.25) is 0 Å². The summed E-state index contributed by atoms with van der Waals surface area (Å²) in [7, 11) is 0. The van der Waals surface area contributed by atoms with Crippen molar-refractivity contribution in [3.8, 4) is 5.75 Å². The van der Waals surface area contributed by atoms with Gasteiger partial charge in [-0.2, -0.15) is 0 Å². The molecule has 3 aromatic rings. The minimum atomic E-state index is -0.641. The average molecular weight is 354 g/mol. The predicted molar refractivity (Wildman–Crippen MR) is 94.7 cm³/mol.